The van der Waals surface area contributed by atoms with E-state index in [1.54, 1.807) is 29.2 Å². The van der Waals surface area contributed by atoms with E-state index in [9.17, 15) is 14.4 Å². The van der Waals surface area contributed by atoms with E-state index in [4.69, 9.17) is 4.74 Å². The summed E-state index contributed by atoms with van der Waals surface area (Å²) in [7, 11) is 0. The lowest BCUT2D eigenvalue weighted by atomic mass is 9.96. The summed E-state index contributed by atoms with van der Waals surface area (Å²) in [6.45, 7) is 7.47. The monoisotopic (exact) mass is 472 g/mol. The van der Waals surface area contributed by atoms with Gasteiger partial charge >= 0.3 is 6.03 Å². The number of carbonyl (C=O) groups is 3. The number of hydrogen-bond acceptors (Lipinski definition) is 4. The lowest BCUT2D eigenvalue weighted by Crippen LogP contribution is -2.55. The molecule has 1 aromatic rings. The predicted octanol–water partition coefficient (Wildman–Crippen LogP) is 3.46. The molecule has 0 radical (unpaired) electrons. The van der Waals surface area contributed by atoms with Gasteiger partial charge in [0.1, 0.15) is 11.8 Å². The highest BCUT2D eigenvalue weighted by Crippen LogP contribution is 2.18. The summed E-state index contributed by atoms with van der Waals surface area (Å²) in [5.41, 5.74) is 0.494. The van der Waals surface area contributed by atoms with Crippen LogP contribution >= 0.6 is 0 Å². The number of carbonyl (C=O) groups excluding carboxylic acids is 3. The van der Waals surface area contributed by atoms with Crippen molar-refractivity contribution in [1.82, 2.24) is 20.9 Å². The number of amides is 4. The van der Waals surface area contributed by atoms with E-state index in [-0.39, 0.29) is 35.8 Å². The van der Waals surface area contributed by atoms with Crippen molar-refractivity contribution in [2.45, 2.75) is 83.8 Å². The number of rotatable bonds is 8. The Kier molecular flexibility index (Phi) is 9.60. The summed E-state index contributed by atoms with van der Waals surface area (Å²) in [4.78, 5) is 40.2. The van der Waals surface area contributed by atoms with Gasteiger partial charge in [-0.05, 0) is 62.8 Å². The zero-order chi connectivity index (χ0) is 24.5. The lowest BCUT2D eigenvalue weighted by Gasteiger charge is -2.36. The van der Waals surface area contributed by atoms with Crippen LogP contribution in [0.15, 0.2) is 24.3 Å². The molecule has 1 heterocycles. The number of hydrogen-bond donors (Lipinski definition) is 3. The third kappa shape index (κ3) is 7.37. The minimum absolute atomic E-state index is 0.0451. The van der Waals surface area contributed by atoms with Crippen molar-refractivity contribution < 1.29 is 19.1 Å². The third-order valence-electron chi connectivity index (χ3n) is 6.73. The molecule has 8 heteroatoms. The van der Waals surface area contributed by atoms with E-state index in [1.165, 1.54) is 19.3 Å². The van der Waals surface area contributed by atoms with Gasteiger partial charge in [-0.3, -0.25) is 9.59 Å². The number of nitrogens with one attached hydrogen (secondary N) is 3. The van der Waals surface area contributed by atoms with Gasteiger partial charge in [0.05, 0.1) is 6.61 Å². The minimum atomic E-state index is -0.599. The molecule has 1 aromatic carbocycles. The van der Waals surface area contributed by atoms with Crippen LogP contribution < -0.4 is 20.7 Å². The van der Waals surface area contributed by atoms with Gasteiger partial charge in [-0.15, -0.1) is 0 Å². The van der Waals surface area contributed by atoms with Gasteiger partial charge < -0.3 is 25.6 Å². The highest BCUT2D eigenvalue weighted by atomic mass is 16.5. The van der Waals surface area contributed by atoms with Crippen molar-refractivity contribution in [2.75, 3.05) is 19.7 Å². The molecule has 8 nitrogen and oxygen atoms in total. The molecule has 1 saturated carbocycles. The van der Waals surface area contributed by atoms with Crippen molar-refractivity contribution in [3.63, 3.8) is 0 Å². The first-order chi connectivity index (χ1) is 16.4. The molecule has 1 aliphatic carbocycles. The van der Waals surface area contributed by atoms with E-state index in [0.29, 0.717) is 43.9 Å². The highest BCUT2D eigenvalue weighted by Gasteiger charge is 2.32. The smallest absolute Gasteiger partial charge is 0.315 e. The topological polar surface area (TPSA) is 99.8 Å². The molecule has 2 fully saturated rings. The van der Waals surface area contributed by atoms with Crippen LogP contribution in [0, 0.1) is 5.92 Å². The van der Waals surface area contributed by atoms with Crippen molar-refractivity contribution in [2.24, 2.45) is 5.92 Å². The summed E-state index contributed by atoms with van der Waals surface area (Å²) in [6.07, 6.45) is 7.14. The third-order valence-corrected chi connectivity index (χ3v) is 6.73. The molecule has 0 aromatic heterocycles. The second kappa shape index (κ2) is 12.6. The molecule has 3 rings (SSSR count). The average molecular weight is 473 g/mol. The van der Waals surface area contributed by atoms with Gasteiger partial charge in [0.25, 0.3) is 5.91 Å². The second-order valence-corrected chi connectivity index (χ2v) is 9.70. The van der Waals surface area contributed by atoms with Crippen LogP contribution in [0.1, 0.15) is 76.1 Å². The van der Waals surface area contributed by atoms with Crippen molar-refractivity contribution in [3.8, 4) is 5.75 Å². The van der Waals surface area contributed by atoms with Crippen LogP contribution in [-0.2, 0) is 4.79 Å². The quantitative estimate of drug-likeness (QED) is 0.539. The first-order valence-electron chi connectivity index (χ1n) is 12.8. The molecule has 4 amide bonds. The molecule has 0 bridgehead atoms. The summed E-state index contributed by atoms with van der Waals surface area (Å²) < 4.78 is 5.43. The largest absolute Gasteiger partial charge is 0.494 e. The number of benzene rings is 1. The SMILES string of the molecule is CCOc1ccc(C(=O)NC(C(=O)N2CCC(NC(=O)NC3CCCCC3)CC2)C(C)C)cc1. The fourth-order valence-electron chi connectivity index (χ4n) is 4.71. The van der Waals surface area contributed by atoms with Crippen molar-refractivity contribution >= 4 is 17.8 Å². The Morgan fingerprint density at radius 3 is 2.09 bits per heavy atom. The second-order valence-electron chi connectivity index (χ2n) is 9.70. The number of ether oxygens (including phenoxy) is 1. The maximum Gasteiger partial charge on any atom is 0.315 e. The Bertz CT molecular complexity index is 813. The molecule has 0 spiro atoms. The fourth-order valence-corrected chi connectivity index (χ4v) is 4.71. The Hall–Kier alpha value is -2.77. The number of likely N-dealkylation sites (tertiary alicyclic amines) is 1. The number of urea groups is 1. The Morgan fingerprint density at radius 2 is 1.53 bits per heavy atom. The first-order valence-corrected chi connectivity index (χ1v) is 12.8. The standard InChI is InChI=1S/C26H40N4O4/c1-4-34-22-12-10-19(11-13-22)24(31)29-23(18(2)3)25(32)30-16-14-21(15-17-30)28-26(33)27-20-8-6-5-7-9-20/h10-13,18,20-21,23H,4-9,14-17H2,1-3H3,(H,29,31)(H2,27,28,33). The molecule has 34 heavy (non-hydrogen) atoms. The summed E-state index contributed by atoms with van der Waals surface area (Å²) >= 11 is 0. The van der Waals surface area contributed by atoms with Gasteiger partial charge in [-0.25, -0.2) is 4.79 Å². The maximum absolute atomic E-state index is 13.2. The normalized spacial score (nSPS) is 18.3. The summed E-state index contributed by atoms with van der Waals surface area (Å²) in [5, 5.41) is 9.09. The zero-order valence-electron chi connectivity index (χ0n) is 20.8. The molecular weight excluding hydrogens is 432 g/mol. The molecule has 1 atom stereocenters. The number of piperidine rings is 1. The molecule has 3 N–H and O–H groups in total. The Balaban J connectivity index is 1.48. The maximum atomic E-state index is 13.2. The van der Waals surface area contributed by atoms with E-state index < -0.39 is 6.04 Å². The molecule has 1 unspecified atom stereocenters. The van der Waals surface area contributed by atoms with Crippen molar-refractivity contribution in [3.05, 3.63) is 29.8 Å². The van der Waals surface area contributed by atoms with Crippen LogP contribution in [-0.4, -0.2) is 60.6 Å². The van der Waals surface area contributed by atoms with Crippen molar-refractivity contribution in [1.29, 1.82) is 0 Å². The number of nitrogens with zero attached hydrogens (tertiary/aromatic N) is 1. The minimum Gasteiger partial charge on any atom is -0.494 e. The van der Waals surface area contributed by atoms with Crippen LogP contribution in [0.25, 0.3) is 0 Å². The van der Waals surface area contributed by atoms with Gasteiger partial charge in [-0.1, -0.05) is 33.1 Å². The first kappa shape index (κ1) is 25.8. The Labute approximate surface area is 203 Å². The summed E-state index contributed by atoms with van der Waals surface area (Å²) in [6, 6.07) is 6.57. The predicted molar refractivity (Wildman–Crippen MR) is 132 cm³/mol. The van der Waals surface area contributed by atoms with E-state index >= 15 is 0 Å². The zero-order valence-corrected chi connectivity index (χ0v) is 20.8. The van der Waals surface area contributed by atoms with E-state index in [1.807, 2.05) is 20.8 Å². The molecular formula is C26H40N4O4. The fraction of sp³-hybridized carbons (Fsp3) is 0.654. The van der Waals surface area contributed by atoms with Crippen LogP contribution in [0.4, 0.5) is 4.79 Å². The van der Waals surface area contributed by atoms with Crippen LogP contribution in [0.3, 0.4) is 0 Å². The molecule has 188 valence electrons. The molecule has 1 aliphatic heterocycles. The average Bonchev–Trinajstić information content (AvgIpc) is 2.83. The van der Waals surface area contributed by atoms with Crippen LogP contribution in [0.5, 0.6) is 5.75 Å². The lowest BCUT2D eigenvalue weighted by molar-refractivity contribution is -0.135. The molecule has 1 saturated heterocycles. The van der Waals surface area contributed by atoms with Crippen LogP contribution in [0.2, 0.25) is 0 Å². The van der Waals surface area contributed by atoms with Gasteiger partial charge in [0.2, 0.25) is 5.91 Å². The van der Waals surface area contributed by atoms with Gasteiger partial charge in [0.15, 0.2) is 0 Å². The summed E-state index contributed by atoms with van der Waals surface area (Å²) in [5.74, 6) is 0.320. The van der Waals surface area contributed by atoms with E-state index in [0.717, 1.165) is 12.8 Å². The van der Waals surface area contributed by atoms with Gasteiger partial charge in [0, 0.05) is 30.7 Å². The molecule has 2 aliphatic rings. The highest BCUT2D eigenvalue weighted by molar-refractivity contribution is 5.97. The van der Waals surface area contributed by atoms with Gasteiger partial charge in [-0.2, -0.15) is 0 Å². The Morgan fingerprint density at radius 1 is 0.941 bits per heavy atom. The van der Waals surface area contributed by atoms with E-state index in [2.05, 4.69) is 16.0 Å².